The van der Waals surface area contributed by atoms with E-state index in [4.69, 9.17) is 0 Å². The number of carbonyl (C=O) groups is 2. The highest BCUT2D eigenvalue weighted by molar-refractivity contribution is 7.90. The van der Waals surface area contributed by atoms with Crippen molar-refractivity contribution >= 4 is 22.0 Å². The van der Waals surface area contributed by atoms with Crippen LogP contribution in [0.2, 0.25) is 0 Å². The van der Waals surface area contributed by atoms with Gasteiger partial charge in [0.2, 0.25) is 15.9 Å². The van der Waals surface area contributed by atoms with Crippen molar-refractivity contribution in [2.45, 2.75) is 44.3 Å². The van der Waals surface area contributed by atoms with Crippen molar-refractivity contribution in [1.82, 2.24) is 19.0 Å². The van der Waals surface area contributed by atoms with Crippen molar-refractivity contribution in [3.05, 3.63) is 0 Å². The molecule has 0 aromatic rings. The van der Waals surface area contributed by atoms with E-state index in [-0.39, 0.29) is 22.6 Å². The Morgan fingerprint density at radius 2 is 1.75 bits per heavy atom. The van der Waals surface area contributed by atoms with Gasteiger partial charge in [-0.1, -0.05) is 0 Å². The Morgan fingerprint density at radius 3 is 2.25 bits per heavy atom. The van der Waals surface area contributed by atoms with E-state index in [0.717, 1.165) is 25.8 Å². The van der Waals surface area contributed by atoms with Crippen LogP contribution in [-0.2, 0) is 14.8 Å². The van der Waals surface area contributed by atoms with E-state index in [2.05, 4.69) is 0 Å². The van der Waals surface area contributed by atoms with Gasteiger partial charge in [0.25, 0.3) is 0 Å². The van der Waals surface area contributed by atoms with Crippen molar-refractivity contribution in [1.29, 1.82) is 0 Å². The Bertz CT molecular complexity index is 771. The highest BCUT2D eigenvalue weighted by Crippen LogP contribution is 2.58. The van der Waals surface area contributed by atoms with Gasteiger partial charge in [-0.25, -0.2) is 17.5 Å². The fourth-order valence-corrected chi connectivity index (χ4v) is 7.49. The summed E-state index contributed by atoms with van der Waals surface area (Å²) in [7, 11) is 0.278. The largest absolute Gasteiger partial charge is 0.342 e. The van der Waals surface area contributed by atoms with Crippen molar-refractivity contribution in [3.8, 4) is 0 Å². The third kappa shape index (κ3) is 2.76. The van der Waals surface area contributed by atoms with Crippen LogP contribution in [0.4, 0.5) is 4.79 Å². The van der Waals surface area contributed by atoms with E-state index in [1.54, 1.807) is 23.3 Å². The molecule has 158 valence electrons. The predicted molar refractivity (Wildman–Crippen MR) is 105 cm³/mol. The lowest BCUT2D eigenvalue weighted by Gasteiger charge is -2.46. The summed E-state index contributed by atoms with van der Waals surface area (Å²) in [5, 5.41) is -0.199. The number of piperidine rings is 1. The normalized spacial score (nSPS) is 30.6. The first-order valence-corrected chi connectivity index (χ1v) is 11.9. The molecule has 28 heavy (non-hydrogen) atoms. The van der Waals surface area contributed by atoms with Gasteiger partial charge in [0.1, 0.15) is 0 Å². The molecule has 0 bridgehead atoms. The third-order valence-corrected chi connectivity index (χ3v) is 9.89. The Kier molecular flexibility index (Phi) is 4.69. The monoisotopic (exact) mass is 412 g/mol. The van der Waals surface area contributed by atoms with Crippen LogP contribution in [0.1, 0.15) is 39.0 Å². The third-order valence-electron chi connectivity index (χ3n) is 7.49. The Balaban J connectivity index is 1.62. The summed E-state index contributed by atoms with van der Waals surface area (Å²) in [6.07, 6.45) is 3.59. The summed E-state index contributed by atoms with van der Waals surface area (Å²) in [5.74, 6) is 0.155. The number of sulfonamides is 1. The number of hydrogen-bond acceptors (Lipinski definition) is 4. The molecule has 1 saturated carbocycles. The van der Waals surface area contributed by atoms with Gasteiger partial charge in [0.05, 0.1) is 10.7 Å². The second-order valence-corrected chi connectivity index (χ2v) is 11.4. The van der Waals surface area contributed by atoms with E-state index in [1.807, 2.05) is 16.7 Å². The fraction of sp³-hybridized carbons (Fsp3) is 0.895. The number of rotatable bonds is 3. The van der Waals surface area contributed by atoms with Crippen LogP contribution in [0.15, 0.2) is 0 Å². The van der Waals surface area contributed by atoms with Gasteiger partial charge in [0.15, 0.2) is 0 Å². The minimum absolute atomic E-state index is 0.0629. The molecule has 4 rings (SSSR count). The average molecular weight is 413 g/mol. The lowest BCUT2D eigenvalue weighted by molar-refractivity contribution is -0.141. The Morgan fingerprint density at radius 1 is 1.11 bits per heavy atom. The standard InChI is InChI=1S/C19H32N4O4S/c1-4-21-10-9-19(16(21)24)14-22(17(25)20(2)3)13-18(19)7-11-23(12-8-18)28(26,27)15-5-6-15/h15H,4-14H2,1-3H3/t19-/m1/s1. The summed E-state index contributed by atoms with van der Waals surface area (Å²) in [5.41, 5.74) is -0.890. The second kappa shape index (κ2) is 6.58. The molecule has 3 aliphatic heterocycles. The molecule has 0 aromatic carbocycles. The smallest absolute Gasteiger partial charge is 0.319 e. The number of carbonyl (C=O) groups excluding carboxylic acids is 2. The number of hydrogen-bond donors (Lipinski definition) is 0. The van der Waals surface area contributed by atoms with Crippen LogP contribution in [0.5, 0.6) is 0 Å². The Labute approximate surface area is 167 Å². The fourth-order valence-electron chi connectivity index (χ4n) is 5.64. The number of fused-ring (bicyclic) bond motifs is 1. The average Bonchev–Trinajstić information content (AvgIpc) is 3.42. The highest BCUT2D eigenvalue weighted by Gasteiger charge is 2.66. The maximum atomic E-state index is 13.4. The topological polar surface area (TPSA) is 81.2 Å². The molecule has 0 radical (unpaired) electrons. The lowest BCUT2D eigenvalue weighted by Crippen LogP contribution is -2.54. The molecule has 0 aromatic heterocycles. The van der Waals surface area contributed by atoms with Gasteiger partial charge < -0.3 is 14.7 Å². The summed E-state index contributed by atoms with van der Waals surface area (Å²) < 4.78 is 27.0. The summed E-state index contributed by atoms with van der Waals surface area (Å²) >= 11 is 0. The van der Waals surface area contributed by atoms with Crippen molar-refractivity contribution in [3.63, 3.8) is 0 Å². The van der Waals surface area contributed by atoms with Crippen LogP contribution in [0, 0.1) is 10.8 Å². The van der Waals surface area contributed by atoms with Crippen molar-refractivity contribution in [2.75, 3.05) is 53.4 Å². The molecule has 0 unspecified atom stereocenters. The van der Waals surface area contributed by atoms with Crippen LogP contribution < -0.4 is 0 Å². The lowest BCUT2D eigenvalue weighted by atomic mass is 9.60. The minimum atomic E-state index is -3.19. The van der Waals surface area contributed by atoms with Gasteiger partial charge in [-0.3, -0.25) is 4.79 Å². The molecule has 3 heterocycles. The van der Waals surface area contributed by atoms with Crippen molar-refractivity contribution < 1.29 is 18.0 Å². The van der Waals surface area contributed by atoms with Gasteiger partial charge in [0, 0.05) is 58.8 Å². The first-order valence-electron chi connectivity index (χ1n) is 10.4. The van der Waals surface area contributed by atoms with E-state index in [9.17, 15) is 18.0 Å². The maximum absolute atomic E-state index is 13.4. The van der Waals surface area contributed by atoms with Gasteiger partial charge >= 0.3 is 6.03 Å². The molecule has 3 saturated heterocycles. The zero-order valence-corrected chi connectivity index (χ0v) is 18.0. The molecule has 3 amide bonds. The molecule has 0 N–H and O–H groups in total. The molecule has 4 aliphatic rings. The van der Waals surface area contributed by atoms with Crippen LogP contribution in [0.25, 0.3) is 0 Å². The second-order valence-electron chi connectivity index (χ2n) is 9.17. The number of amides is 3. The first kappa shape index (κ1) is 19.9. The van der Waals surface area contributed by atoms with E-state index >= 15 is 0 Å². The number of urea groups is 1. The van der Waals surface area contributed by atoms with E-state index in [0.29, 0.717) is 45.6 Å². The van der Waals surface area contributed by atoms with E-state index in [1.165, 1.54) is 0 Å². The molecule has 1 aliphatic carbocycles. The molecule has 2 spiro atoms. The van der Waals surface area contributed by atoms with Crippen molar-refractivity contribution in [2.24, 2.45) is 10.8 Å². The summed E-state index contributed by atoms with van der Waals surface area (Å²) in [6, 6.07) is -0.0629. The molecule has 8 nitrogen and oxygen atoms in total. The molecular weight excluding hydrogens is 380 g/mol. The van der Waals surface area contributed by atoms with Crippen LogP contribution in [0.3, 0.4) is 0 Å². The van der Waals surface area contributed by atoms with Crippen LogP contribution >= 0.6 is 0 Å². The Hall–Kier alpha value is -1.35. The van der Waals surface area contributed by atoms with E-state index < -0.39 is 15.4 Å². The molecule has 1 atom stereocenters. The van der Waals surface area contributed by atoms with Crippen LogP contribution in [-0.4, -0.2) is 98.0 Å². The first-order chi connectivity index (χ1) is 13.2. The number of likely N-dealkylation sites (tertiary alicyclic amines) is 2. The maximum Gasteiger partial charge on any atom is 0.319 e. The highest BCUT2D eigenvalue weighted by atomic mass is 32.2. The number of nitrogens with zero attached hydrogens (tertiary/aromatic N) is 4. The zero-order valence-electron chi connectivity index (χ0n) is 17.2. The quantitative estimate of drug-likeness (QED) is 0.687. The SMILES string of the molecule is CCN1CC[C@@]2(CN(C(=O)N(C)C)CC23CCN(S(=O)(=O)C2CC2)CC3)C1=O. The minimum Gasteiger partial charge on any atom is -0.342 e. The molecule has 9 heteroatoms. The zero-order chi connectivity index (χ0) is 20.3. The predicted octanol–water partition coefficient (Wildman–Crippen LogP) is 0.797. The summed E-state index contributed by atoms with van der Waals surface area (Å²) in [6.45, 7) is 5.32. The molecular formula is C19H32N4O4S. The molecule has 4 fully saturated rings. The summed E-state index contributed by atoms with van der Waals surface area (Å²) in [4.78, 5) is 31.4. The van der Waals surface area contributed by atoms with Gasteiger partial charge in [-0.2, -0.15) is 0 Å². The van der Waals surface area contributed by atoms with Gasteiger partial charge in [-0.05, 0) is 39.0 Å². The van der Waals surface area contributed by atoms with Gasteiger partial charge in [-0.15, -0.1) is 0 Å².